The summed E-state index contributed by atoms with van der Waals surface area (Å²) in [6.07, 6.45) is 0. The molecular formula is C43H28N2O. The minimum absolute atomic E-state index is 0.626. The lowest BCUT2D eigenvalue weighted by Crippen LogP contribution is -2.10. The van der Waals surface area contributed by atoms with Gasteiger partial charge in [0.15, 0.2) is 5.58 Å². The standard InChI is InChI=1S/C43H28N2O/c1-4-13-30(14-5-1)37-27-32-23-26-39-42(46-43(44-39)31-16-6-2-7-17-31)41(32)38-28-34(24-25-36(37)38)45(33-19-8-3-9-20-33)40-22-12-18-29-15-10-11-21-35(29)40/h1-28H. The van der Waals surface area contributed by atoms with Gasteiger partial charge < -0.3 is 9.32 Å². The van der Waals surface area contributed by atoms with Crippen molar-refractivity contribution in [2.45, 2.75) is 0 Å². The normalized spacial score (nSPS) is 11.5. The third-order valence-electron chi connectivity index (χ3n) is 8.84. The number of oxazole rings is 1. The summed E-state index contributed by atoms with van der Waals surface area (Å²) in [7, 11) is 0. The fourth-order valence-corrected chi connectivity index (χ4v) is 6.72. The molecule has 46 heavy (non-hydrogen) atoms. The first kappa shape index (κ1) is 26.2. The second-order valence-electron chi connectivity index (χ2n) is 11.6. The van der Waals surface area contributed by atoms with Gasteiger partial charge in [0.25, 0.3) is 0 Å². The molecule has 0 radical (unpaired) electrons. The van der Waals surface area contributed by atoms with Gasteiger partial charge in [0.2, 0.25) is 5.89 Å². The largest absolute Gasteiger partial charge is 0.435 e. The van der Waals surface area contributed by atoms with E-state index in [-0.39, 0.29) is 0 Å². The maximum Gasteiger partial charge on any atom is 0.227 e. The average Bonchev–Trinajstić information content (AvgIpc) is 3.57. The van der Waals surface area contributed by atoms with E-state index in [4.69, 9.17) is 9.40 Å². The molecule has 3 heteroatoms. The van der Waals surface area contributed by atoms with E-state index in [1.165, 1.54) is 27.3 Å². The molecule has 8 aromatic carbocycles. The number of benzene rings is 8. The van der Waals surface area contributed by atoms with E-state index >= 15 is 0 Å². The molecule has 0 aliphatic heterocycles. The summed E-state index contributed by atoms with van der Waals surface area (Å²) in [6, 6.07) is 59.8. The van der Waals surface area contributed by atoms with Crippen LogP contribution < -0.4 is 4.90 Å². The number of hydrogen-bond acceptors (Lipinski definition) is 3. The van der Waals surface area contributed by atoms with Gasteiger partial charge in [0.1, 0.15) is 5.52 Å². The second-order valence-corrected chi connectivity index (χ2v) is 11.6. The summed E-state index contributed by atoms with van der Waals surface area (Å²) in [5.41, 5.74) is 8.27. The van der Waals surface area contributed by atoms with E-state index in [9.17, 15) is 0 Å². The fourth-order valence-electron chi connectivity index (χ4n) is 6.72. The van der Waals surface area contributed by atoms with E-state index in [2.05, 4.69) is 144 Å². The van der Waals surface area contributed by atoms with Gasteiger partial charge in [-0.15, -0.1) is 0 Å². The van der Waals surface area contributed by atoms with Crippen LogP contribution in [0.15, 0.2) is 174 Å². The molecule has 0 fully saturated rings. The number of anilines is 3. The molecule has 0 N–H and O–H groups in total. The quantitative estimate of drug-likeness (QED) is 0.187. The van der Waals surface area contributed by atoms with Crippen LogP contribution >= 0.6 is 0 Å². The molecule has 216 valence electrons. The number of hydrogen-bond donors (Lipinski definition) is 0. The zero-order valence-electron chi connectivity index (χ0n) is 25.0. The van der Waals surface area contributed by atoms with Gasteiger partial charge in [-0.3, -0.25) is 0 Å². The number of rotatable bonds is 5. The lowest BCUT2D eigenvalue weighted by Gasteiger charge is -2.27. The molecule has 0 unspecified atom stereocenters. The van der Waals surface area contributed by atoms with Crippen molar-refractivity contribution >= 4 is 60.5 Å². The van der Waals surface area contributed by atoms with Crippen molar-refractivity contribution < 1.29 is 4.42 Å². The van der Waals surface area contributed by atoms with Gasteiger partial charge in [0.05, 0.1) is 5.69 Å². The number of aromatic nitrogens is 1. The lowest BCUT2D eigenvalue weighted by molar-refractivity contribution is 0.623. The van der Waals surface area contributed by atoms with Gasteiger partial charge in [-0.05, 0) is 87.3 Å². The van der Waals surface area contributed by atoms with Gasteiger partial charge in [-0.25, -0.2) is 4.98 Å². The first-order valence-corrected chi connectivity index (χ1v) is 15.6. The maximum absolute atomic E-state index is 6.62. The first-order chi connectivity index (χ1) is 22.8. The molecule has 0 aliphatic rings. The smallest absolute Gasteiger partial charge is 0.227 e. The second kappa shape index (κ2) is 10.8. The minimum Gasteiger partial charge on any atom is -0.435 e. The van der Waals surface area contributed by atoms with Crippen LogP contribution in [0.3, 0.4) is 0 Å². The molecule has 0 atom stereocenters. The highest BCUT2D eigenvalue weighted by Crippen LogP contribution is 2.44. The monoisotopic (exact) mass is 588 g/mol. The van der Waals surface area contributed by atoms with Crippen LogP contribution in [0, 0.1) is 0 Å². The molecule has 0 saturated carbocycles. The Kier molecular flexibility index (Phi) is 6.14. The Hall–Kier alpha value is -6.19. The number of nitrogens with zero attached hydrogens (tertiary/aromatic N) is 2. The van der Waals surface area contributed by atoms with Crippen LogP contribution in [-0.4, -0.2) is 4.98 Å². The van der Waals surface area contributed by atoms with Crippen molar-refractivity contribution in [2.24, 2.45) is 0 Å². The summed E-state index contributed by atoms with van der Waals surface area (Å²) in [5.74, 6) is 0.626. The Labute approximate surface area is 266 Å². The number of para-hydroxylation sites is 1. The highest BCUT2D eigenvalue weighted by molar-refractivity contribution is 6.22. The van der Waals surface area contributed by atoms with E-state index in [0.717, 1.165) is 49.9 Å². The highest BCUT2D eigenvalue weighted by atomic mass is 16.3. The van der Waals surface area contributed by atoms with Crippen LogP contribution in [0.25, 0.3) is 66.0 Å². The Morgan fingerprint density at radius 3 is 1.96 bits per heavy atom. The summed E-state index contributed by atoms with van der Waals surface area (Å²) in [6.45, 7) is 0. The van der Waals surface area contributed by atoms with E-state index < -0.39 is 0 Å². The molecule has 3 nitrogen and oxygen atoms in total. The van der Waals surface area contributed by atoms with Gasteiger partial charge in [-0.2, -0.15) is 0 Å². The van der Waals surface area contributed by atoms with E-state index in [1.807, 2.05) is 30.3 Å². The van der Waals surface area contributed by atoms with E-state index in [1.54, 1.807) is 0 Å². The molecule has 0 bridgehead atoms. The molecule has 1 aromatic heterocycles. The summed E-state index contributed by atoms with van der Waals surface area (Å²) in [5, 5.41) is 6.87. The summed E-state index contributed by atoms with van der Waals surface area (Å²) < 4.78 is 6.62. The van der Waals surface area contributed by atoms with E-state index in [0.29, 0.717) is 5.89 Å². The predicted octanol–water partition coefficient (Wildman–Crippen LogP) is 12.1. The van der Waals surface area contributed by atoms with Gasteiger partial charge >= 0.3 is 0 Å². The van der Waals surface area contributed by atoms with Crippen LogP contribution in [0.4, 0.5) is 17.1 Å². The van der Waals surface area contributed by atoms with Crippen LogP contribution in [0.1, 0.15) is 0 Å². The molecule has 0 spiro atoms. The third kappa shape index (κ3) is 4.33. The molecule has 9 rings (SSSR count). The molecular weight excluding hydrogens is 560 g/mol. The topological polar surface area (TPSA) is 29.3 Å². The Morgan fingerprint density at radius 2 is 1.15 bits per heavy atom. The van der Waals surface area contributed by atoms with Crippen molar-refractivity contribution in [1.29, 1.82) is 0 Å². The highest BCUT2D eigenvalue weighted by Gasteiger charge is 2.20. The summed E-state index contributed by atoms with van der Waals surface area (Å²) in [4.78, 5) is 7.29. The van der Waals surface area contributed by atoms with Crippen molar-refractivity contribution in [3.63, 3.8) is 0 Å². The predicted molar refractivity (Wildman–Crippen MR) is 192 cm³/mol. The molecule has 0 saturated heterocycles. The first-order valence-electron chi connectivity index (χ1n) is 15.6. The maximum atomic E-state index is 6.62. The zero-order valence-corrected chi connectivity index (χ0v) is 25.0. The molecule has 0 amide bonds. The number of fused-ring (bicyclic) bond motifs is 6. The van der Waals surface area contributed by atoms with Crippen LogP contribution in [0.2, 0.25) is 0 Å². The summed E-state index contributed by atoms with van der Waals surface area (Å²) >= 11 is 0. The van der Waals surface area contributed by atoms with Gasteiger partial charge in [0, 0.05) is 27.7 Å². The minimum atomic E-state index is 0.626. The van der Waals surface area contributed by atoms with Crippen LogP contribution in [-0.2, 0) is 0 Å². The molecule has 1 heterocycles. The van der Waals surface area contributed by atoms with Gasteiger partial charge in [-0.1, -0.05) is 115 Å². The third-order valence-corrected chi connectivity index (χ3v) is 8.84. The Balaban J connectivity index is 1.37. The lowest BCUT2D eigenvalue weighted by atomic mass is 9.92. The molecule has 9 aromatic rings. The SMILES string of the molecule is c1ccc(-c2nc3ccc4cc(-c5ccccc5)c5ccc(N(c6ccccc6)c6cccc7ccccc67)cc5c4c3o2)cc1. The van der Waals surface area contributed by atoms with Crippen molar-refractivity contribution in [3.8, 4) is 22.6 Å². The van der Waals surface area contributed by atoms with Crippen molar-refractivity contribution in [3.05, 3.63) is 170 Å². The fraction of sp³-hybridized carbons (Fsp3) is 0. The zero-order chi connectivity index (χ0) is 30.5. The van der Waals surface area contributed by atoms with Crippen LogP contribution in [0.5, 0.6) is 0 Å². The molecule has 0 aliphatic carbocycles. The Morgan fingerprint density at radius 1 is 0.457 bits per heavy atom. The Bertz CT molecular complexity index is 2510. The van der Waals surface area contributed by atoms with Crippen molar-refractivity contribution in [1.82, 2.24) is 4.98 Å². The average molecular weight is 589 g/mol. The van der Waals surface area contributed by atoms with Crippen molar-refractivity contribution in [2.75, 3.05) is 4.90 Å².